The largest absolute Gasteiger partial charge is 0.493 e. The molecule has 0 aliphatic carbocycles. The van der Waals surface area contributed by atoms with E-state index in [9.17, 15) is 10.1 Å². The lowest BCUT2D eigenvalue weighted by Crippen LogP contribution is -2.21. The van der Waals surface area contributed by atoms with Crippen molar-refractivity contribution in [3.63, 3.8) is 0 Å². The minimum absolute atomic E-state index is 0.0229. The summed E-state index contributed by atoms with van der Waals surface area (Å²) in [5, 5.41) is 14.5. The fourth-order valence-corrected chi connectivity index (χ4v) is 2.66. The second-order valence-electron chi connectivity index (χ2n) is 5.10. The van der Waals surface area contributed by atoms with Gasteiger partial charge in [-0.25, -0.2) is 0 Å². The van der Waals surface area contributed by atoms with Gasteiger partial charge in [-0.3, -0.25) is 10.1 Å². The summed E-state index contributed by atoms with van der Waals surface area (Å²) in [4.78, 5) is 10.9. The number of aryl methyl sites for hydroxylation is 1. The van der Waals surface area contributed by atoms with Gasteiger partial charge in [-0.1, -0.05) is 30.3 Å². The monoisotopic (exact) mass is 284 g/mol. The molecule has 21 heavy (non-hydrogen) atoms. The summed E-state index contributed by atoms with van der Waals surface area (Å²) < 4.78 is 5.63. The van der Waals surface area contributed by atoms with Crippen molar-refractivity contribution >= 4 is 11.4 Å². The molecule has 2 aromatic carbocycles. The third kappa shape index (κ3) is 2.54. The zero-order valence-electron chi connectivity index (χ0n) is 11.7. The number of rotatable bonds is 3. The fraction of sp³-hybridized carbons (Fsp3) is 0.250. The van der Waals surface area contributed by atoms with Crippen molar-refractivity contribution < 1.29 is 9.66 Å². The van der Waals surface area contributed by atoms with Gasteiger partial charge in [-0.05, 0) is 18.6 Å². The molecule has 2 aromatic rings. The average Bonchev–Trinajstić information content (AvgIpc) is 2.49. The summed E-state index contributed by atoms with van der Waals surface area (Å²) in [7, 11) is 0. The van der Waals surface area contributed by atoms with E-state index in [0.29, 0.717) is 12.3 Å². The van der Waals surface area contributed by atoms with E-state index in [4.69, 9.17) is 4.74 Å². The molecule has 0 aromatic heterocycles. The quantitative estimate of drug-likeness (QED) is 0.687. The lowest BCUT2D eigenvalue weighted by Gasteiger charge is -2.27. The number of benzene rings is 2. The Labute approximate surface area is 122 Å². The Hall–Kier alpha value is -2.56. The number of nitrogens with zero attached hydrogens (tertiary/aromatic N) is 1. The van der Waals surface area contributed by atoms with Gasteiger partial charge in [-0.2, -0.15) is 0 Å². The van der Waals surface area contributed by atoms with E-state index in [1.54, 1.807) is 6.07 Å². The van der Waals surface area contributed by atoms with Crippen LogP contribution in [0.2, 0.25) is 0 Å². The number of hydrogen-bond donors (Lipinski definition) is 1. The maximum absolute atomic E-state index is 11.2. The van der Waals surface area contributed by atoms with Crippen molar-refractivity contribution in [3.8, 4) is 5.75 Å². The predicted molar refractivity (Wildman–Crippen MR) is 80.8 cm³/mol. The number of fused-ring (bicyclic) bond motifs is 1. The molecule has 0 fully saturated rings. The first-order chi connectivity index (χ1) is 10.2. The summed E-state index contributed by atoms with van der Waals surface area (Å²) in [5.74, 6) is 0.845. The van der Waals surface area contributed by atoms with Crippen LogP contribution in [0.4, 0.5) is 11.4 Å². The zero-order chi connectivity index (χ0) is 14.8. The molecule has 0 radical (unpaired) electrons. The lowest BCUT2D eigenvalue weighted by atomic mass is 9.99. The van der Waals surface area contributed by atoms with E-state index >= 15 is 0 Å². The van der Waals surface area contributed by atoms with Crippen molar-refractivity contribution in [2.45, 2.75) is 19.4 Å². The SMILES string of the molecule is Cc1cccc([N+](=O)[O-])c1NC1CCOc2ccccc21. The van der Waals surface area contributed by atoms with Crippen molar-refractivity contribution in [2.24, 2.45) is 0 Å². The summed E-state index contributed by atoms with van der Waals surface area (Å²) >= 11 is 0. The molecule has 108 valence electrons. The first-order valence-corrected chi connectivity index (χ1v) is 6.89. The van der Waals surface area contributed by atoms with Crippen LogP contribution in [0, 0.1) is 17.0 Å². The third-order valence-electron chi connectivity index (χ3n) is 3.72. The maximum atomic E-state index is 11.2. The maximum Gasteiger partial charge on any atom is 0.292 e. The highest BCUT2D eigenvalue weighted by molar-refractivity contribution is 5.67. The Morgan fingerprint density at radius 2 is 2.05 bits per heavy atom. The fourth-order valence-electron chi connectivity index (χ4n) is 2.66. The van der Waals surface area contributed by atoms with Crippen LogP contribution in [0.1, 0.15) is 23.6 Å². The Bertz CT molecular complexity index is 685. The average molecular weight is 284 g/mol. The number of hydrogen-bond acceptors (Lipinski definition) is 4. The van der Waals surface area contributed by atoms with Gasteiger partial charge in [0.1, 0.15) is 11.4 Å². The molecule has 1 aliphatic rings. The Morgan fingerprint density at radius 1 is 1.24 bits per heavy atom. The van der Waals surface area contributed by atoms with Gasteiger partial charge in [0.2, 0.25) is 0 Å². The van der Waals surface area contributed by atoms with Gasteiger partial charge >= 0.3 is 0 Å². The summed E-state index contributed by atoms with van der Waals surface area (Å²) in [6.45, 7) is 2.48. The standard InChI is InChI=1S/C16H16N2O3/c1-11-5-4-7-14(18(19)20)16(11)17-13-9-10-21-15-8-3-2-6-12(13)15/h2-8,13,17H,9-10H2,1H3. The van der Waals surface area contributed by atoms with Crippen molar-refractivity contribution in [3.05, 3.63) is 63.7 Å². The molecular weight excluding hydrogens is 268 g/mol. The highest BCUT2D eigenvalue weighted by atomic mass is 16.6. The van der Waals surface area contributed by atoms with Gasteiger partial charge < -0.3 is 10.1 Å². The van der Waals surface area contributed by atoms with E-state index in [0.717, 1.165) is 23.3 Å². The predicted octanol–water partition coefficient (Wildman–Crippen LogP) is 3.84. The van der Waals surface area contributed by atoms with Gasteiger partial charge in [0.25, 0.3) is 5.69 Å². The third-order valence-corrected chi connectivity index (χ3v) is 3.72. The molecule has 5 heteroatoms. The second kappa shape index (κ2) is 5.44. The van der Waals surface area contributed by atoms with E-state index < -0.39 is 0 Å². The van der Waals surface area contributed by atoms with E-state index in [1.165, 1.54) is 6.07 Å². The van der Waals surface area contributed by atoms with E-state index in [1.807, 2.05) is 37.3 Å². The van der Waals surface area contributed by atoms with Crippen LogP contribution < -0.4 is 10.1 Å². The molecule has 0 spiro atoms. The second-order valence-corrected chi connectivity index (χ2v) is 5.10. The molecule has 0 saturated heterocycles. The van der Waals surface area contributed by atoms with Gasteiger partial charge in [0, 0.05) is 18.1 Å². The zero-order valence-corrected chi connectivity index (χ0v) is 11.7. The molecule has 3 rings (SSSR count). The molecule has 1 unspecified atom stereocenters. The molecule has 1 N–H and O–H groups in total. The lowest BCUT2D eigenvalue weighted by molar-refractivity contribution is -0.384. The normalized spacial score (nSPS) is 16.7. The number of nitrogens with one attached hydrogen (secondary N) is 1. The van der Waals surface area contributed by atoms with Crippen LogP contribution in [0.25, 0.3) is 0 Å². The number of ether oxygens (including phenoxy) is 1. The van der Waals surface area contributed by atoms with Crippen molar-refractivity contribution in [1.82, 2.24) is 0 Å². The molecule has 5 nitrogen and oxygen atoms in total. The number of anilines is 1. The first-order valence-electron chi connectivity index (χ1n) is 6.89. The number of nitro groups is 1. The Morgan fingerprint density at radius 3 is 2.86 bits per heavy atom. The molecule has 1 atom stereocenters. The molecule has 1 aliphatic heterocycles. The minimum atomic E-state index is -0.347. The minimum Gasteiger partial charge on any atom is -0.493 e. The van der Waals surface area contributed by atoms with Crippen molar-refractivity contribution in [2.75, 3.05) is 11.9 Å². The van der Waals surface area contributed by atoms with Crippen LogP contribution in [0.5, 0.6) is 5.75 Å². The van der Waals surface area contributed by atoms with Crippen LogP contribution in [0.3, 0.4) is 0 Å². The molecular formula is C16H16N2O3. The Balaban J connectivity index is 1.97. The summed E-state index contributed by atoms with van der Waals surface area (Å²) in [6.07, 6.45) is 0.780. The first kappa shape index (κ1) is 13.4. The highest BCUT2D eigenvalue weighted by Crippen LogP contribution is 2.37. The molecule has 0 amide bonds. The van der Waals surface area contributed by atoms with Gasteiger partial charge in [-0.15, -0.1) is 0 Å². The van der Waals surface area contributed by atoms with Crippen LogP contribution in [-0.4, -0.2) is 11.5 Å². The molecule has 1 heterocycles. The number of nitro benzene ring substituents is 1. The van der Waals surface area contributed by atoms with Crippen LogP contribution in [0.15, 0.2) is 42.5 Å². The highest BCUT2D eigenvalue weighted by Gasteiger charge is 2.24. The summed E-state index contributed by atoms with van der Waals surface area (Å²) in [5.41, 5.74) is 2.61. The van der Waals surface area contributed by atoms with Crippen LogP contribution in [-0.2, 0) is 0 Å². The molecule has 0 bridgehead atoms. The summed E-state index contributed by atoms with van der Waals surface area (Å²) in [6, 6.07) is 12.9. The van der Waals surface area contributed by atoms with Gasteiger partial charge in [0.15, 0.2) is 0 Å². The topological polar surface area (TPSA) is 64.4 Å². The van der Waals surface area contributed by atoms with E-state index in [2.05, 4.69) is 5.32 Å². The number of para-hydroxylation sites is 2. The smallest absolute Gasteiger partial charge is 0.292 e. The van der Waals surface area contributed by atoms with Gasteiger partial charge in [0.05, 0.1) is 17.6 Å². The Kier molecular flexibility index (Phi) is 3.48. The molecule has 0 saturated carbocycles. The van der Waals surface area contributed by atoms with Crippen LogP contribution >= 0.6 is 0 Å². The van der Waals surface area contributed by atoms with E-state index in [-0.39, 0.29) is 16.7 Å². The van der Waals surface area contributed by atoms with Crippen molar-refractivity contribution in [1.29, 1.82) is 0 Å².